The molecule has 3 heterocycles. The van der Waals surface area contributed by atoms with Crippen LogP contribution in [-0.4, -0.2) is 46.9 Å². The van der Waals surface area contributed by atoms with Gasteiger partial charge in [0.1, 0.15) is 5.82 Å². The van der Waals surface area contributed by atoms with Gasteiger partial charge in [-0.2, -0.15) is 5.10 Å². The highest BCUT2D eigenvalue weighted by Crippen LogP contribution is 2.43. The van der Waals surface area contributed by atoms with Crippen LogP contribution in [0.4, 0.5) is 10.1 Å². The van der Waals surface area contributed by atoms with Crippen LogP contribution < -0.4 is 5.32 Å². The summed E-state index contributed by atoms with van der Waals surface area (Å²) in [6.07, 6.45) is 3.59. The third-order valence-electron chi connectivity index (χ3n) is 7.15. The highest BCUT2D eigenvalue weighted by atomic mass is 35.5. The van der Waals surface area contributed by atoms with E-state index in [0.29, 0.717) is 19.0 Å². The van der Waals surface area contributed by atoms with E-state index in [1.54, 1.807) is 4.90 Å². The van der Waals surface area contributed by atoms with Gasteiger partial charge in [-0.3, -0.25) is 9.48 Å². The zero-order chi connectivity index (χ0) is 24.7. The summed E-state index contributed by atoms with van der Waals surface area (Å²) in [5.41, 5.74) is 2.02. The second-order valence-electron chi connectivity index (χ2n) is 9.24. The highest BCUT2D eigenvalue weighted by molar-refractivity contribution is 6.42. The molecule has 0 saturated carbocycles. The van der Waals surface area contributed by atoms with E-state index < -0.39 is 11.4 Å². The number of nitrogens with zero attached hydrogens (tertiary/aromatic N) is 3. The highest BCUT2D eigenvalue weighted by Gasteiger charge is 2.44. The van der Waals surface area contributed by atoms with E-state index in [2.05, 4.69) is 23.5 Å². The van der Waals surface area contributed by atoms with Gasteiger partial charge in [-0.25, -0.2) is 4.39 Å². The summed E-state index contributed by atoms with van der Waals surface area (Å²) >= 11 is 12.8. The molecule has 2 saturated heterocycles. The molecule has 1 aromatic heterocycles. The lowest BCUT2D eigenvalue weighted by Gasteiger charge is -2.33. The van der Waals surface area contributed by atoms with E-state index in [4.69, 9.17) is 33.0 Å². The topological polar surface area (TPSA) is 59.4 Å². The van der Waals surface area contributed by atoms with Crippen LogP contribution in [0.15, 0.2) is 43.0 Å². The van der Waals surface area contributed by atoms with E-state index in [9.17, 15) is 4.79 Å². The first kappa shape index (κ1) is 24.1. The largest absolute Gasteiger partial charge is 0.381 e. The van der Waals surface area contributed by atoms with Gasteiger partial charge in [0.05, 0.1) is 27.1 Å². The maximum Gasteiger partial charge on any atom is 0.246 e. The quantitative estimate of drug-likeness (QED) is 0.340. The van der Waals surface area contributed by atoms with E-state index in [1.807, 2.05) is 18.2 Å². The average molecular weight is 517 g/mol. The lowest BCUT2D eigenvalue weighted by atomic mass is 9.87. The number of fused-ring (bicyclic) bond motifs is 1. The van der Waals surface area contributed by atoms with Crippen LogP contribution in [0, 0.1) is 12.7 Å². The average Bonchev–Trinajstić information content (AvgIpc) is 3.43. The predicted molar refractivity (Wildman–Crippen MR) is 137 cm³/mol. The number of likely N-dealkylation sites (tertiary alicyclic amines) is 1. The van der Waals surface area contributed by atoms with Crippen molar-refractivity contribution >= 4 is 45.7 Å². The summed E-state index contributed by atoms with van der Waals surface area (Å²) in [5, 5.41) is 9.88. The van der Waals surface area contributed by atoms with Crippen molar-refractivity contribution in [1.29, 1.82) is 0 Å². The van der Waals surface area contributed by atoms with Crippen molar-refractivity contribution in [2.75, 3.05) is 31.6 Å². The molecular weight excluding hydrogens is 490 g/mol. The molecule has 0 radical (unpaired) electrons. The Kier molecular flexibility index (Phi) is 6.51. The van der Waals surface area contributed by atoms with Gasteiger partial charge < -0.3 is 15.0 Å². The monoisotopic (exact) mass is 516 g/mol. The molecule has 1 atom stereocenters. The van der Waals surface area contributed by atoms with Crippen molar-refractivity contribution in [3.05, 3.63) is 70.1 Å². The Bertz CT molecular complexity index is 1300. The summed E-state index contributed by atoms with van der Waals surface area (Å²) in [6, 6.07) is 9.02. The van der Waals surface area contributed by atoms with Gasteiger partial charge >= 0.3 is 0 Å². The second kappa shape index (κ2) is 9.45. The number of carbonyl (C=O) groups excluding carboxylic acids is 1. The number of carbonyl (C=O) groups is 1. The van der Waals surface area contributed by atoms with E-state index >= 15 is 4.39 Å². The van der Waals surface area contributed by atoms with Gasteiger partial charge in [-0.05, 0) is 62.6 Å². The lowest BCUT2D eigenvalue weighted by Crippen LogP contribution is -2.41. The van der Waals surface area contributed by atoms with Gasteiger partial charge in [-0.15, -0.1) is 0 Å². The van der Waals surface area contributed by atoms with Crippen molar-refractivity contribution in [2.24, 2.45) is 0 Å². The Labute approximate surface area is 213 Å². The van der Waals surface area contributed by atoms with Gasteiger partial charge in [0.15, 0.2) is 0 Å². The molecular formula is C26H27Cl2FN4O2. The molecule has 0 bridgehead atoms. The second-order valence-corrected chi connectivity index (χ2v) is 10.0. The molecule has 0 aliphatic carbocycles. The van der Waals surface area contributed by atoms with Crippen LogP contribution >= 0.6 is 23.2 Å². The maximum absolute atomic E-state index is 15.2. The van der Waals surface area contributed by atoms with E-state index in [-0.39, 0.29) is 28.1 Å². The summed E-state index contributed by atoms with van der Waals surface area (Å²) < 4.78 is 22.8. The van der Waals surface area contributed by atoms with Gasteiger partial charge in [-0.1, -0.05) is 29.8 Å². The van der Waals surface area contributed by atoms with Crippen LogP contribution in [0.5, 0.6) is 0 Å². The van der Waals surface area contributed by atoms with Gasteiger partial charge in [0.2, 0.25) is 5.91 Å². The van der Waals surface area contributed by atoms with Crippen molar-refractivity contribution in [3.8, 4) is 0 Å². The first-order chi connectivity index (χ1) is 16.8. The zero-order valence-corrected chi connectivity index (χ0v) is 21.0. The Morgan fingerprint density at radius 3 is 2.80 bits per heavy atom. The number of hydrogen-bond acceptors (Lipinski definition) is 4. The minimum atomic E-state index is -0.962. The standard InChI is InChI=1S/C26H27Cl2FN4O2/c1-3-23(34)32-11-10-26(15-32,24-21(29)7-6-20(27)25(24)28)30-17-4-5-19-16(2)33(31-22(19)14-17)18-8-12-35-13-9-18/h3-7,14,18,30H,1,8-13,15H2,2H3/t26-/m1/s1. The van der Waals surface area contributed by atoms with E-state index in [1.165, 1.54) is 18.2 Å². The molecule has 2 aliphatic rings. The summed E-state index contributed by atoms with van der Waals surface area (Å²) in [5.74, 6) is -0.686. The van der Waals surface area contributed by atoms with Crippen LogP contribution in [-0.2, 0) is 15.1 Å². The smallest absolute Gasteiger partial charge is 0.246 e. The molecule has 0 spiro atoms. The molecule has 3 aromatic rings. The molecule has 5 rings (SSSR count). The zero-order valence-electron chi connectivity index (χ0n) is 19.5. The SMILES string of the molecule is C=CC(=O)N1CC[C@](Nc2ccc3c(C)n(C4CCOCC4)nc3c2)(c2c(F)ccc(Cl)c2Cl)C1. The number of hydrogen-bond donors (Lipinski definition) is 1. The Hall–Kier alpha value is -2.61. The number of ether oxygens (including phenoxy) is 1. The van der Waals surface area contributed by atoms with E-state index in [0.717, 1.165) is 48.3 Å². The number of nitrogens with one attached hydrogen (secondary N) is 1. The molecule has 2 aliphatic heterocycles. The molecule has 2 fully saturated rings. The minimum Gasteiger partial charge on any atom is -0.381 e. The first-order valence-corrected chi connectivity index (χ1v) is 12.5. The Morgan fingerprint density at radius 1 is 1.29 bits per heavy atom. The number of anilines is 1. The maximum atomic E-state index is 15.2. The number of rotatable bonds is 5. The lowest BCUT2D eigenvalue weighted by molar-refractivity contribution is -0.125. The Balaban J connectivity index is 1.55. The number of aromatic nitrogens is 2. The predicted octanol–water partition coefficient (Wildman–Crippen LogP) is 5.87. The molecule has 0 unspecified atom stereocenters. The van der Waals surface area contributed by atoms with Crippen LogP contribution in [0.2, 0.25) is 10.0 Å². The van der Waals surface area contributed by atoms with Crippen LogP contribution in [0.1, 0.15) is 36.6 Å². The molecule has 1 amide bonds. The van der Waals surface area contributed by atoms with Crippen molar-refractivity contribution in [3.63, 3.8) is 0 Å². The number of benzene rings is 2. The summed E-state index contributed by atoms with van der Waals surface area (Å²) in [7, 11) is 0. The summed E-state index contributed by atoms with van der Waals surface area (Å²) in [4.78, 5) is 14.0. The molecule has 9 heteroatoms. The molecule has 6 nitrogen and oxygen atoms in total. The summed E-state index contributed by atoms with van der Waals surface area (Å²) in [6.45, 7) is 7.80. The number of aryl methyl sites for hydroxylation is 1. The third-order valence-corrected chi connectivity index (χ3v) is 7.95. The fourth-order valence-corrected chi connectivity index (χ4v) is 5.83. The third kappa shape index (κ3) is 4.30. The van der Waals surface area contributed by atoms with Crippen LogP contribution in [0.25, 0.3) is 10.9 Å². The van der Waals surface area contributed by atoms with Crippen molar-refractivity contribution in [1.82, 2.24) is 14.7 Å². The molecule has 184 valence electrons. The van der Waals surface area contributed by atoms with Gasteiger partial charge in [0.25, 0.3) is 0 Å². The first-order valence-electron chi connectivity index (χ1n) is 11.7. The fourth-order valence-electron chi connectivity index (χ4n) is 5.34. The molecule has 2 aromatic carbocycles. The molecule has 35 heavy (non-hydrogen) atoms. The Morgan fingerprint density at radius 2 is 2.06 bits per heavy atom. The van der Waals surface area contributed by atoms with Crippen molar-refractivity contribution < 1.29 is 13.9 Å². The van der Waals surface area contributed by atoms with Crippen LogP contribution in [0.3, 0.4) is 0 Å². The normalized spacial score (nSPS) is 21.0. The van der Waals surface area contributed by atoms with Gasteiger partial charge in [0, 0.05) is 48.6 Å². The fraction of sp³-hybridized carbons (Fsp3) is 0.385. The number of halogens is 3. The molecule has 1 N–H and O–H groups in total. The minimum absolute atomic E-state index is 0.146. The van der Waals surface area contributed by atoms with Crippen molar-refractivity contribution in [2.45, 2.75) is 37.8 Å². The number of amides is 1.